The maximum Gasteiger partial charge on any atom is 0.0605 e. The van der Waals surface area contributed by atoms with Crippen molar-refractivity contribution in [1.82, 2.24) is 20.3 Å². The molecular weight excluding hydrogens is 344 g/mol. The minimum Gasteiger partial charge on any atom is -0.300 e. The van der Waals surface area contributed by atoms with Gasteiger partial charge in [0.25, 0.3) is 0 Å². The van der Waals surface area contributed by atoms with Gasteiger partial charge in [-0.15, -0.1) is 0 Å². The van der Waals surface area contributed by atoms with E-state index in [4.69, 9.17) is 4.98 Å². The molecule has 2 atom stereocenters. The Hall–Kier alpha value is -2.59. The first-order valence-electron chi connectivity index (χ1n) is 10.2. The molecule has 3 aromatic heterocycles. The third kappa shape index (κ3) is 3.97. The van der Waals surface area contributed by atoms with Gasteiger partial charge in [-0.05, 0) is 74.9 Å². The Bertz CT molecular complexity index is 966. The summed E-state index contributed by atoms with van der Waals surface area (Å²) in [4.78, 5) is 14.2. The smallest absolute Gasteiger partial charge is 0.0605 e. The Balaban J connectivity index is 1.58. The van der Waals surface area contributed by atoms with Gasteiger partial charge in [-0.3, -0.25) is 15.0 Å². The van der Waals surface area contributed by atoms with Crippen LogP contribution in [0.1, 0.15) is 70.8 Å². The normalized spacial score (nSPS) is 19.5. The first kappa shape index (κ1) is 18.8. The van der Waals surface area contributed by atoms with E-state index in [0.29, 0.717) is 6.04 Å². The number of nitrogens with zero attached hydrogens (tertiary/aromatic N) is 3. The zero-order valence-corrected chi connectivity index (χ0v) is 16.9. The van der Waals surface area contributed by atoms with Crippen molar-refractivity contribution in [3.05, 3.63) is 88.3 Å². The fourth-order valence-electron chi connectivity index (χ4n) is 4.14. The van der Waals surface area contributed by atoms with Crippen LogP contribution in [0.2, 0.25) is 0 Å². The number of hydrogen-bond acceptors (Lipinski definition) is 4. The van der Waals surface area contributed by atoms with Gasteiger partial charge >= 0.3 is 0 Å². The average molecular weight is 373 g/mol. The van der Waals surface area contributed by atoms with Crippen molar-refractivity contribution in [3.63, 3.8) is 0 Å². The van der Waals surface area contributed by atoms with Crippen LogP contribution in [0.25, 0.3) is 0 Å². The van der Waals surface area contributed by atoms with E-state index in [1.54, 1.807) is 0 Å². The molecule has 144 valence electrons. The zero-order chi connectivity index (χ0) is 19.5. The Labute approximate surface area is 167 Å². The molecular formula is C24H28N4. The van der Waals surface area contributed by atoms with Crippen LogP contribution in [-0.4, -0.2) is 15.0 Å². The van der Waals surface area contributed by atoms with Gasteiger partial charge in [0.15, 0.2) is 0 Å². The lowest BCUT2D eigenvalue weighted by Crippen LogP contribution is -2.32. The van der Waals surface area contributed by atoms with Crippen LogP contribution in [0.5, 0.6) is 0 Å². The molecule has 0 spiro atoms. The molecule has 4 nitrogen and oxygen atoms in total. The van der Waals surface area contributed by atoms with Crippen molar-refractivity contribution in [2.45, 2.75) is 58.5 Å². The van der Waals surface area contributed by atoms with E-state index in [1.807, 2.05) is 24.5 Å². The van der Waals surface area contributed by atoms with Crippen molar-refractivity contribution in [3.8, 4) is 0 Å². The molecule has 4 heterocycles. The highest BCUT2D eigenvalue weighted by Gasteiger charge is 2.27. The molecule has 4 rings (SSSR count). The van der Waals surface area contributed by atoms with Crippen LogP contribution >= 0.6 is 0 Å². The van der Waals surface area contributed by atoms with Gasteiger partial charge in [-0.25, -0.2) is 0 Å². The number of rotatable bonds is 4. The molecule has 0 unspecified atom stereocenters. The quantitative estimate of drug-likeness (QED) is 0.704. The van der Waals surface area contributed by atoms with Gasteiger partial charge in [0, 0.05) is 30.2 Å². The molecule has 1 N–H and O–H groups in total. The molecule has 1 saturated heterocycles. The molecule has 1 aliphatic heterocycles. The van der Waals surface area contributed by atoms with Crippen LogP contribution in [0.3, 0.4) is 0 Å². The lowest BCUT2D eigenvalue weighted by Gasteiger charge is -2.32. The van der Waals surface area contributed by atoms with Crippen LogP contribution in [0, 0.1) is 20.8 Å². The second kappa shape index (κ2) is 8.19. The summed E-state index contributed by atoms with van der Waals surface area (Å²) in [7, 11) is 0. The largest absolute Gasteiger partial charge is 0.300 e. The topological polar surface area (TPSA) is 50.7 Å². The summed E-state index contributed by atoms with van der Waals surface area (Å²) in [6.07, 6.45) is 7.95. The van der Waals surface area contributed by atoms with Gasteiger partial charge in [-0.1, -0.05) is 18.2 Å². The zero-order valence-electron chi connectivity index (χ0n) is 16.9. The van der Waals surface area contributed by atoms with Crippen molar-refractivity contribution in [2.24, 2.45) is 0 Å². The molecule has 1 aliphatic rings. The summed E-state index contributed by atoms with van der Waals surface area (Å²) in [6.45, 7) is 6.42. The highest BCUT2D eigenvalue weighted by Crippen LogP contribution is 2.33. The SMILES string of the molecule is Cc1cccnc1Cc1ccc(C)c([C@H]2CCC[C@@H](c3ncccc3C)N2)n1. The standard InChI is InChI=1S/C24H28N4/c1-16-7-5-13-25-22(16)15-19-12-11-18(3)24(27-19)21-10-4-9-20(28-21)23-17(2)8-6-14-26-23/h5-8,11-14,20-21,28H,4,9-10,15H2,1-3H3/t20-,21+/m0/s1. The first-order valence-corrected chi connectivity index (χ1v) is 10.2. The molecule has 1 fully saturated rings. The Morgan fingerprint density at radius 1 is 0.821 bits per heavy atom. The highest BCUT2D eigenvalue weighted by molar-refractivity contribution is 5.30. The Morgan fingerprint density at radius 2 is 1.50 bits per heavy atom. The lowest BCUT2D eigenvalue weighted by molar-refractivity contribution is 0.319. The Kier molecular flexibility index (Phi) is 5.49. The van der Waals surface area contributed by atoms with Crippen LogP contribution in [-0.2, 0) is 6.42 Å². The number of hydrogen-bond donors (Lipinski definition) is 1. The van der Waals surface area contributed by atoms with Crippen molar-refractivity contribution < 1.29 is 0 Å². The third-order valence-corrected chi connectivity index (χ3v) is 5.76. The van der Waals surface area contributed by atoms with Gasteiger partial charge in [0.1, 0.15) is 0 Å². The fraction of sp³-hybridized carbons (Fsp3) is 0.375. The van der Waals surface area contributed by atoms with Crippen LogP contribution in [0.15, 0.2) is 48.8 Å². The number of piperidine rings is 1. The van der Waals surface area contributed by atoms with Crippen LogP contribution in [0.4, 0.5) is 0 Å². The van der Waals surface area contributed by atoms with E-state index in [0.717, 1.165) is 30.7 Å². The van der Waals surface area contributed by atoms with E-state index in [1.165, 1.54) is 34.5 Å². The number of aryl methyl sites for hydroxylation is 3. The summed E-state index contributed by atoms with van der Waals surface area (Å²) in [5.74, 6) is 0. The summed E-state index contributed by atoms with van der Waals surface area (Å²) >= 11 is 0. The summed E-state index contributed by atoms with van der Waals surface area (Å²) in [6, 6.07) is 13.1. The van der Waals surface area contributed by atoms with Gasteiger partial charge in [0.2, 0.25) is 0 Å². The van der Waals surface area contributed by atoms with E-state index in [-0.39, 0.29) is 6.04 Å². The van der Waals surface area contributed by atoms with Crippen molar-refractivity contribution >= 4 is 0 Å². The monoisotopic (exact) mass is 372 g/mol. The average Bonchev–Trinajstić information content (AvgIpc) is 2.71. The second-order valence-corrected chi connectivity index (χ2v) is 7.86. The molecule has 0 saturated carbocycles. The maximum absolute atomic E-state index is 5.06. The predicted octanol–water partition coefficient (Wildman–Crippen LogP) is 4.94. The van der Waals surface area contributed by atoms with E-state index >= 15 is 0 Å². The van der Waals surface area contributed by atoms with E-state index in [9.17, 15) is 0 Å². The molecule has 28 heavy (non-hydrogen) atoms. The summed E-state index contributed by atoms with van der Waals surface area (Å²) in [5, 5.41) is 3.83. The minimum absolute atomic E-state index is 0.268. The summed E-state index contributed by atoms with van der Waals surface area (Å²) in [5.41, 5.74) is 8.24. The van der Waals surface area contributed by atoms with Crippen LogP contribution < -0.4 is 5.32 Å². The number of nitrogens with one attached hydrogen (secondary N) is 1. The molecule has 0 aromatic carbocycles. The molecule has 0 amide bonds. The van der Waals surface area contributed by atoms with Gasteiger partial charge in [0.05, 0.1) is 23.5 Å². The molecule has 4 heteroatoms. The maximum atomic E-state index is 5.06. The first-order chi connectivity index (χ1) is 13.6. The molecule has 0 aliphatic carbocycles. The fourth-order valence-corrected chi connectivity index (χ4v) is 4.14. The number of aromatic nitrogens is 3. The second-order valence-electron chi connectivity index (χ2n) is 7.86. The summed E-state index contributed by atoms with van der Waals surface area (Å²) < 4.78 is 0. The van der Waals surface area contributed by atoms with Crippen molar-refractivity contribution in [1.29, 1.82) is 0 Å². The predicted molar refractivity (Wildman–Crippen MR) is 112 cm³/mol. The Morgan fingerprint density at radius 3 is 2.25 bits per heavy atom. The van der Waals surface area contributed by atoms with Gasteiger partial charge in [-0.2, -0.15) is 0 Å². The lowest BCUT2D eigenvalue weighted by atomic mass is 9.91. The third-order valence-electron chi connectivity index (χ3n) is 5.76. The van der Waals surface area contributed by atoms with E-state index < -0.39 is 0 Å². The molecule has 0 radical (unpaired) electrons. The number of pyridine rings is 3. The minimum atomic E-state index is 0.268. The molecule has 0 bridgehead atoms. The molecule has 3 aromatic rings. The van der Waals surface area contributed by atoms with E-state index in [2.05, 4.69) is 60.3 Å². The van der Waals surface area contributed by atoms with Gasteiger partial charge < -0.3 is 5.32 Å². The van der Waals surface area contributed by atoms with Crippen molar-refractivity contribution in [2.75, 3.05) is 0 Å². The highest BCUT2D eigenvalue weighted by atomic mass is 15.0.